The van der Waals surface area contributed by atoms with E-state index in [0.29, 0.717) is 5.82 Å². The molecule has 0 bridgehead atoms. The van der Waals surface area contributed by atoms with Crippen molar-refractivity contribution in [2.24, 2.45) is 0 Å². The van der Waals surface area contributed by atoms with Crippen LogP contribution < -0.4 is 0 Å². The molecule has 0 saturated carbocycles. The second kappa shape index (κ2) is 13.3. The fraction of sp³-hybridized carbons (Fsp3) is 0.0192. The van der Waals surface area contributed by atoms with Crippen molar-refractivity contribution in [1.29, 1.82) is 0 Å². The number of pyridine rings is 1. The number of hydrogen-bond acceptors (Lipinski definition) is 3. The molecule has 4 heterocycles. The number of benzene rings is 7. The van der Waals surface area contributed by atoms with E-state index >= 15 is 0 Å². The monoisotopic (exact) mass is 729 g/mol. The minimum Gasteiger partial charge on any atom is -0.309 e. The van der Waals surface area contributed by atoms with Gasteiger partial charge in [-0.1, -0.05) is 127 Å². The van der Waals surface area contributed by atoms with Gasteiger partial charge in [0.1, 0.15) is 0 Å². The van der Waals surface area contributed by atoms with Gasteiger partial charge in [-0.2, -0.15) is 0 Å². The summed E-state index contributed by atoms with van der Waals surface area (Å²) in [4.78, 5) is 14.9. The molecular weight excluding hydrogens is 695 g/mol. The molecule has 11 aromatic rings. The van der Waals surface area contributed by atoms with Gasteiger partial charge >= 0.3 is 0 Å². The molecule has 0 N–H and O–H groups in total. The number of aryl methyl sites for hydroxylation is 1. The van der Waals surface area contributed by atoms with Gasteiger partial charge in [-0.05, 0) is 72.6 Å². The van der Waals surface area contributed by atoms with Gasteiger partial charge in [-0.15, -0.1) is 0 Å². The second-order valence-electron chi connectivity index (χ2n) is 14.6. The van der Waals surface area contributed by atoms with Crippen LogP contribution in [0.1, 0.15) is 5.56 Å². The fourth-order valence-electron chi connectivity index (χ4n) is 8.45. The summed E-state index contributed by atoms with van der Waals surface area (Å²) in [6.07, 6.45) is 3.77. The van der Waals surface area contributed by atoms with Gasteiger partial charge in [-0.3, -0.25) is 4.98 Å². The zero-order valence-electron chi connectivity index (χ0n) is 31.2. The highest BCUT2D eigenvalue weighted by atomic mass is 15.0. The Hall–Kier alpha value is -7.63. The van der Waals surface area contributed by atoms with Crippen LogP contribution in [0.15, 0.2) is 194 Å². The van der Waals surface area contributed by atoms with E-state index in [0.717, 1.165) is 72.6 Å². The maximum absolute atomic E-state index is 5.33. The SMILES string of the molecule is Cc1ccncc1-c1ccc(-c2cc(-c3cc(-n4c5ccccc5c5ccccc54)cc(-n4c5ccccc5c5ccccc54)c3)nc(-c3ccccc3)n2)cc1. The number of rotatable bonds is 6. The first kappa shape index (κ1) is 32.8. The number of para-hydroxylation sites is 4. The normalized spacial score (nSPS) is 11.6. The molecule has 11 rings (SSSR count). The van der Waals surface area contributed by atoms with E-state index < -0.39 is 0 Å². The van der Waals surface area contributed by atoms with Crippen LogP contribution in [0.25, 0.3) is 100 Å². The Morgan fingerprint density at radius 2 is 0.842 bits per heavy atom. The van der Waals surface area contributed by atoms with Crippen molar-refractivity contribution in [2.75, 3.05) is 0 Å². The molecule has 0 fully saturated rings. The minimum atomic E-state index is 0.677. The highest BCUT2D eigenvalue weighted by molar-refractivity contribution is 6.10. The quantitative estimate of drug-likeness (QED) is 0.171. The number of aromatic nitrogens is 5. The van der Waals surface area contributed by atoms with E-state index in [9.17, 15) is 0 Å². The average molecular weight is 730 g/mol. The minimum absolute atomic E-state index is 0.677. The first-order valence-corrected chi connectivity index (χ1v) is 19.3. The van der Waals surface area contributed by atoms with Crippen molar-refractivity contribution >= 4 is 43.6 Å². The lowest BCUT2D eigenvalue weighted by atomic mass is 10.00. The van der Waals surface area contributed by atoms with Crippen molar-refractivity contribution in [2.45, 2.75) is 6.92 Å². The molecule has 0 spiro atoms. The van der Waals surface area contributed by atoms with Crippen LogP contribution in [0.5, 0.6) is 0 Å². The van der Waals surface area contributed by atoms with Crippen LogP contribution in [0.3, 0.4) is 0 Å². The van der Waals surface area contributed by atoms with Crippen LogP contribution >= 0.6 is 0 Å². The third-order valence-electron chi connectivity index (χ3n) is 11.2. The molecule has 0 saturated heterocycles. The topological polar surface area (TPSA) is 48.5 Å². The molecule has 5 nitrogen and oxygen atoms in total. The molecule has 0 unspecified atom stereocenters. The van der Waals surface area contributed by atoms with E-state index in [1.165, 1.54) is 27.1 Å². The van der Waals surface area contributed by atoms with Crippen molar-refractivity contribution in [3.05, 3.63) is 200 Å². The highest BCUT2D eigenvalue weighted by Gasteiger charge is 2.19. The summed E-state index contributed by atoms with van der Waals surface area (Å²) in [7, 11) is 0. The first-order valence-electron chi connectivity index (χ1n) is 19.3. The zero-order chi connectivity index (χ0) is 37.9. The van der Waals surface area contributed by atoms with Gasteiger partial charge in [0.05, 0.1) is 33.5 Å². The molecular formula is C52H35N5. The van der Waals surface area contributed by atoms with Crippen molar-refractivity contribution < 1.29 is 0 Å². The number of hydrogen-bond donors (Lipinski definition) is 0. The molecule has 0 amide bonds. The van der Waals surface area contributed by atoms with E-state index in [2.05, 4.69) is 179 Å². The Balaban J connectivity index is 1.18. The van der Waals surface area contributed by atoms with E-state index in [1.54, 1.807) is 0 Å². The molecule has 4 aromatic heterocycles. The van der Waals surface area contributed by atoms with Crippen LogP contribution in [0.4, 0.5) is 0 Å². The Morgan fingerprint density at radius 3 is 1.35 bits per heavy atom. The third kappa shape index (κ3) is 5.51. The van der Waals surface area contributed by atoms with Crippen LogP contribution in [-0.4, -0.2) is 24.1 Å². The molecule has 0 aliphatic heterocycles. The molecule has 268 valence electrons. The van der Waals surface area contributed by atoms with Gasteiger partial charge in [-0.25, -0.2) is 9.97 Å². The molecule has 0 radical (unpaired) electrons. The van der Waals surface area contributed by atoms with Gasteiger partial charge in [0.25, 0.3) is 0 Å². The Morgan fingerprint density at radius 1 is 0.386 bits per heavy atom. The number of nitrogens with zero attached hydrogens (tertiary/aromatic N) is 5. The smallest absolute Gasteiger partial charge is 0.160 e. The summed E-state index contributed by atoms with van der Waals surface area (Å²) in [5.41, 5.74) is 14.8. The Kier molecular flexibility index (Phi) is 7.64. The summed E-state index contributed by atoms with van der Waals surface area (Å²) in [6.45, 7) is 2.12. The summed E-state index contributed by atoms with van der Waals surface area (Å²) in [6, 6.07) is 64.7. The van der Waals surface area contributed by atoms with Gasteiger partial charge in [0.15, 0.2) is 5.82 Å². The van der Waals surface area contributed by atoms with Crippen molar-refractivity contribution in [1.82, 2.24) is 24.1 Å². The molecule has 0 atom stereocenters. The average Bonchev–Trinajstić information content (AvgIpc) is 3.80. The molecule has 0 aliphatic rings. The molecule has 7 aromatic carbocycles. The Bertz CT molecular complexity index is 3060. The summed E-state index contributed by atoms with van der Waals surface area (Å²) >= 11 is 0. The van der Waals surface area contributed by atoms with Gasteiger partial charge in [0.2, 0.25) is 0 Å². The molecule has 0 aliphatic carbocycles. The van der Waals surface area contributed by atoms with E-state index in [-0.39, 0.29) is 0 Å². The number of fused-ring (bicyclic) bond motifs is 6. The van der Waals surface area contributed by atoms with E-state index in [1.807, 2.05) is 36.7 Å². The Labute approximate surface area is 329 Å². The second-order valence-corrected chi connectivity index (χ2v) is 14.6. The van der Waals surface area contributed by atoms with Crippen molar-refractivity contribution in [3.63, 3.8) is 0 Å². The maximum Gasteiger partial charge on any atom is 0.160 e. The summed E-state index contributed by atoms with van der Waals surface area (Å²) in [5, 5.41) is 4.88. The lowest BCUT2D eigenvalue weighted by Gasteiger charge is -2.16. The van der Waals surface area contributed by atoms with Crippen LogP contribution in [0.2, 0.25) is 0 Å². The van der Waals surface area contributed by atoms with Crippen LogP contribution in [0, 0.1) is 6.92 Å². The largest absolute Gasteiger partial charge is 0.309 e. The molecule has 5 heteroatoms. The lowest BCUT2D eigenvalue weighted by Crippen LogP contribution is -2.01. The van der Waals surface area contributed by atoms with Gasteiger partial charge in [0, 0.05) is 67.6 Å². The highest BCUT2D eigenvalue weighted by Crippen LogP contribution is 2.38. The maximum atomic E-state index is 5.33. The van der Waals surface area contributed by atoms with Gasteiger partial charge < -0.3 is 9.13 Å². The summed E-state index contributed by atoms with van der Waals surface area (Å²) in [5.74, 6) is 0.677. The molecule has 57 heavy (non-hydrogen) atoms. The van der Waals surface area contributed by atoms with E-state index in [4.69, 9.17) is 9.97 Å². The fourth-order valence-corrected chi connectivity index (χ4v) is 8.45. The first-order chi connectivity index (χ1) is 28.2. The summed E-state index contributed by atoms with van der Waals surface area (Å²) < 4.78 is 4.79. The lowest BCUT2D eigenvalue weighted by molar-refractivity contribution is 1.13. The predicted octanol–water partition coefficient (Wildman–Crippen LogP) is 13.0. The predicted molar refractivity (Wildman–Crippen MR) is 235 cm³/mol. The van der Waals surface area contributed by atoms with Crippen molar-refractivity contribution in [3.8, 4) is 56.4 Å². The third-order valence-corrected chi connectivity index (χ3v) is 11.2. The van der Waals surface area contributed by atoms with Crippen LogP contribution in [-0.2, 0) is 0 Å². The standard InChI is InChI=1S/C52H35N5/c1-34-27-28-53-33-45(34)35-23-25-36(26-24-35)46-32-47(55-52(54-46)37-13-3-2-4-14-37)38-29-39(56-48-19-9-5-15-41(48)42-16-6-10-20-49(42)56)31-40(30-38)57-50-21-11-7-17-43(50)44-18-8-12-22-51(44)57/h2-33H,1H3. The zero-order valence-corrected chi connectivity index (χ0v) is 31.2.